The molecular formula is C13H17NO4. The predicted molar refractivity (Wildman–Crippen MR) is 66.0 cm³/mol. The molecule has 0 bridgehead atoms. The van der Waals surface area contributed by atoms with Crippen molar-refractivity contribution < 1.29 is 19.8 Å². The molecular weight excluding hydrogens is 234 g/mol. The van der Waals surface area contributed by atoms with E-state index in [0.29, 0.717) is 0 Å². The Labute approximate surface area is 105 Å². The first-order valence-electron chi connectivity index (χ1n) is 5.73. The standard InChI is InChI=1S/C13H17NO4/c1-9(15)7-12(16)14-11(13(17)18)8-10-5-3-2-4-6-10/h2-6,9,11,15H,7-8H2,1H3,(H,14,16)(H,17,18)/t9?,11-/m0/s1. The molecule has 3 N–H and O–H groups in total. The Morgan fingerprint density at radius 2 is 1.89 bits per heavy atom. The zero-order valence-electron chi connectivity index (χ0n) is 10.2. The van der Waals surface area contributed by atoms with Crippen molar-refractivity contribution in [1.29, 1.82) is 0 Å². The number of carboxylic acids is 1. The van der Waals surface area contributed by atoms with Gasteiger partial charge in [-0.05, 0) is 12.5 Å². The van der Waals surface area contributed by atoms with E-state index in [-0.39, 0.29) is 12.8 Å². The van der Waals surface area contributed by atoms with Gasteiger partial charge in [-0.1, -0.05) is 30.3 Å². The van der Waals surface area contributed by atoms with Gasteiger partial charge in [0.2, 0.25) is 5.91 Å². The molecule has 5 heteroatoms. The van der Waals surface area contributed by atoms with E-state index < -0.39 is 24.0 Å². The first kappa shape index (κ1) is 14.2. The second-order valence-electron chi connectivity index (χ2n) is 4.20. The Kier molecular flexibility index (Phi) is 5.32. The average molecular weight is 251 g/mol. The molecule has 1 aromatic carbocycles. The van der Waals surface area contributed by atoms with E-state index in [1.807, 2.05) is 18.2 Å². The van der Waals surface area contributed by atoms with Gasteiger partial charge in [-0.25, -0.2) is 4.79 Å². The fraction of sp³-hybridized carbons (Fsp3) is 0.385. The summed E-state index contributed by atoms with van der Waals surface area (Å²) in [6, 6.07) is 8.09. The summed E-state index contributed by atoms with van der Waals surface area (Å²) in [5.74, 6) is -1.55. The average Bonchev–Trinajstić information content (AvgIpc) is 2.28. The van der Waals surface area contributed by atoms with Crippen molar-refractivity contribution in [1.82, 2.24) is 5.32 Å². The molecule has 2 atom stereocenters. The van der Waals surface area contributed by atoms with Crippen LogP contribution in [0.4, 0.5) is 0 Å². The summed E-state index contributed by atoms with van der Waals surface area (Å²) in [5.41, 5.74) is 0.835. The van der Waals surface area contributed by atoms with Gasteiger partial charge in [-0.2, -0.15) is 0 Å². The summed E-state index contributed by atoms with van der Waals surface area (Å²) in [4.78, 5) is 22.5. The number of benzene rings is 1. The third kappa shape index (κ3) is 4.97. The van der Waals surface area contributed by atoms with E-state index in [1.165, 1.54) is 6.92 Å². The minimum absolute atomic E-state index is 0.0986. The Hall–Kier alpha value is -1.88. The first-order chi connectivity index (χ1) is 8.49. The van der Waals surface area contributed by atoms with E-state index >= 15 is 0 Å². The molecule has 1 unspecified atom stereocenters. The molecule has 0 aliphatic rings. The number of aliphatic carboxylic acids is 1. The SMILES string of the molecule is CC(O)CC(=O)N[C@@H](Cc1ccccc1)C(=O)O. The molecule has 0 aliphatic heterocycles. The van der Waals surface area contributed by atoms with Gasteiger partial charge < -0.3 is 15.5 Å². The summed E-state index contributed by atoms with van der Waals surface area (Å²) >= 11 is 0. The summed E-state index contributed by atoms with van der Waals surface area (Å²) in [6.45, 7) is 1.48. The Bertz CT molecular complexity index is 403. The molecule has 18 heavy (non-hydrogen) atoms. The van der Waals surface area contributed by atoms with E-state index in [0.717, 1.165) is 5.56 Å². The van der Waals surface area contributed by atoms with Crippen LogP contribution < -0.4 is 5.32 Å². The van der Waals surface area contributed by atoms with Gasteiger partial charge in [0.15, 0.2) is 0 Å². The quantitative estimate of drug-likeness (QED) is 0.690. The van der Waals surface area contributed by atoms with E-state index in [9.17, 15) is 9.59 Å². The van der Waals surface area contributed by atoms with Crippen LogP contribution in [-0.4, -0.2) is 34.2 Å². The van der Waals surface area contributed by atoms with Gasteiger partial charge in [0.25, 0.3) is 0 Å². The second-order valence-corrected chi connectivity index (χ2v) is 4.20. The zero-order chi connectivity index (χ0) is 13.5. The number of nitrogens with one attached hydrogen (secondary N) is 1. The van der Waals surface area contributed by atoms with Gasteiger partial charge in [0.05, 0.1) is 12.5 Å². The maximum absolute atomic E-state index is 11.4. The van der Waals surface area contributed by atoms with Gasteiger partial charge in [-0.3, -0.25) is 4.79 Å². The van der Waals surface area contributed by atoms with E-state index in [2.05, 4.69) is 5.32 Å². The number of carboxylic acid groups (broad SMARTS) is 1. The summed E-state index contributed by atoms with van der Waals surface area (Å²) in [7, 11) is 0. The van der Waals surface area contributed by atoms with Crippen molar-refractivity contribution in [3.63, 3.8) is 0 Å². The van der Waals surface area contributed by atoms with Crippen LogP contribution in [0.5, 0.6) is 0 Å². The van der Waals surface area contributed by atoms with Crippen LogP contribution in [0.2, 0.25) is 0 Å². The molecule has 1 rings (SSSR count). The van der Waals surface area contributed by atoms with Crippen molar-refractivity contribution in [3.05, 3.63) is 35.9 Å². The molecule has 0 saturated heterocycles. The highest BCUT2D eigenvalue weighted by Gasteiger charge is 2.20. The number of hydrogen-bond donors (Lipinski definition) is 3. The highest BCUT2D eigenvalue weighted by Crippen LogP contribution is 2.04. The molecule has 0 aliphatic carbocycles. The molecule has 0 heterocycles. The van der Waals surface area contributed by atoms with Crippen LogP contribution in [0.1, 0.15) is 18.9 Å². The minimum Gasteiger partial charge on any atom is -0.480 e. The Morgan fingerprint density at radius 1 is 1.28 bits per heavy atom. The van der Waals surface area contributed by atoms with E-state index in [1.54, 1.807) is 12.1 Å². The largest absolute Gasteiger partial charge is 0.480 e. The second kappa shape index (κ2) is 6.76. The topological polar surface area (TPSA) is 86.6 Å². The number of carbonyl (C=O) groups is 2. The van der Waals surface area contributed by atoms with Gasteiger partial charge >= 0.3 is 5.97 Å². The lowest BCUT2D eigenvalue weighted by Gasteiger charge is -2.15. The Morgan fingerprint density at radius 3 is 2.39 bits per heavy atom. The van der Waals surface area contributed by atoms with Crippen molar-refractivity contribution in [2.24, 2.45) is 0 Å². The molecule has 0 spiro atoms. The summed E-state index contributed by atoms with van der Waals surface area (Å²) < 4.78 is 0. The lowest BCUT2D eigenvalue weighted by Crippen LogP contribution is -2.43. The molecule has 0 aromatic heterocycles. The predicted octanol–water partition coefficient (Wildman–Crippen LogP) is 0.569. The molecule has 0 fully saturated rings. The molecule has 98 valence electrons. The lowest BCUT2D eigenvalue weighted by atomic mass is 10.1. The van der Waals surface area contributed by atoms with Crippen LogP contribution in [0.25, 0.3) is 0 Å². The number of amides is 1. The first-order valence-corrected chi connectivity index (χ1v) is 5.73. The van der Waals surface area contributed by atoms with Gasteiger partial charge in [-0.15, -0.1) is 0 Å². The number of carbonyl (C=O) groups excluding carboxylic acids is 1. The van der Waals surface area contributed by atoms with E-state index in [4.69, 9.17) is 10.2 Å². The number of hydrogen-bond acceptors (Lipinski definition) is 3. The smallest absolute Gasteiger partial charge is 0.326 e. The maximum atomic E-state index is 11.4. The number of aliphatic hydroxyl groups excluding tert-OH is 1. The molecule has 0 saturated carbocycles. The molecule has 1 aromatic rings. The highest BCUT2D eigenvalue weighted by molar-refractivity contribution is 5.83. The molecule has 0 radical (unpaired) electrons. The summed E-state index contributed by atoms with van der Waals surface area (Å²) in [6.07, 6.45) is -0.656. The number of rotatable bonds is 6. The van der Waals surface area contributed by atoms with Crippen molar-refractivity contribution in [3.8, 4) is 0 Å². The third-order valence-electron chi connectivity index (χ3n) is 2.40. The maximum Gasteiger partial charge on any atom is 0.326 e. The van der Waals surface area contributed by atoms with Crippen LogP contribution in [-0.2, 0) is 16.0 Å². The zero-order valence-corrected chi connectivity index (χ0v) is 10.2. The monoisotopic (exact) mass is 251 g/mol. The van der Waals surface area contributed by atoms with Gasteiger partial charge in [0.1, 0.15) is 6.04 Å². The number of aliphatic hydroxyl groups is 1. The van der Waals surface area contributed by atoms with Crippen molar-refractivity contribution >= 4 is 11.9 Å². The molecule has 1 amide bonds. The van der Waals surface area contributed by atoms with Crippen molar-refractivity contribution in [2.75, 3.05) is 0 Å². The fourth-order valence-electron chi connectivity index (χ4n) is 1.57. The van der Waals surface area contributed by atoms with Crippen LogP contribution in [0, 0.1) is 0 Å². The van der Waals surface area contributed by atoms with Gasteiger partial charge in [0, 0.05) is 6.42 Å². The van der Waals surface area contributed by atoms with Crippen LogP contribution in [0.3, 0.4) is 0 Å². The molecule has 5 nitrogen and oxygen atoms in total. The van der Waals surface area contributed by atoms with Crippen LogP contribution >= 0.6 is 0 Å². The van der Waals surface area contributed by atoms with Crippen LogP contribution in [0.15, 0.2) is 30.3 Å². The lowest BCUT2D eigenvalue weighted by molar-refractivity contribution is -0.142. The minimum atomic E-state index is -1.09. The fourth-order valence-corrected chi connectivity index (χ4v) is 1.57. The van der Waals surface area contributed by atoms with Crippen molar-refractivity contribution in [2.45, 2.75) is 31.9 Å². The normalized spacial score (nSPS) is 13.7. The Balaban J connectivity index is 2.61. The highest BCUT2D eigenvalue weighted by atomic mass is 16.4. The summed E-state index contributed by atoms with van der Waals surface area (Å²) in [5, 5.41) is 20.5. The third-order valence-corrected chi connectivity index (χ3v) is 2.40.